The van der Waals surface area contributed by atoms with Crippen LogP contribution in [0.15, 0.2) is 24.3 Å². The summed E-state index contributed by atoms with van der Waals surface area (Å²) in [6.45, 7) is 3.82. The van der Waals surface area contributed by atoms with E-state index in [0.717, 1.165) is 11.3 Å². The number of carboxylic acid groups (broad SMARTS) is 1. The van der Waals surface area contributed by atoms with Crippen molar-refractivity contribution >= 4 is 17.7 Å². The smallest absolute Gasteiger partial charge is 0.326 e. The van der Waals surface area contributed by atoms with Gasteiger partial charge in [-0.05, 0) is 25.5 Å². The van der Waals surface area contributed by atoms with Crippen LogP contribution in [0.1, 0.15) is 18.9 Å². The number of carboxylic acids is 1. The summed E-state index contributed by atoms with van der Waals surface area (Å²) in [6, 6.07) is 5.80. The van der Waals surface area contributed by atoms with E-state index in [9.17, 15) is 9.59 Å². The van der Waals surface area contributed by atoms with Crippen LogP contribution < -0.4 is 10.2 Å². The molecule has 6 nitrogen and oxygen atoms in total. The van der Waals surface area contributed by atoms with Crippen LogP contribution in [0.3, 0.4) is 0 Å². The summed E-state index contributed by atoms with van der Waals surface area (Å²) < 4.78 is 0. The SMILES string of the molecule is CCN(C(=O)NC(CCO)C(=O)O)c1ccccc1C. The van der Waals surface area contributed by atoms with Crippen LogP contribution in [-0.2, 0) is 4.79 Å². The highest BCUT2D eigenvalue weighted by Crippen LogP contribution is 2.19. The molecule has 0 radical (unpaired) electrons. The molecular formula is C14H20N2O4. The molecule has 1 rings (SSSR count). The Labute approximate surface area is 118 Å². The summed E-state index contributed by atoms with van der Waals surface area (Å²) in [5, 5.41) is 20.2. The number of hydrogen-bond donors (Lipinski definition) is 3. The number of aliphatic hydroxyl groups excluding tert-OH is 1. The van der Waals surface area contributed by atoms with E-state index in [1.54, 1.807) is 6.07 Å². The van der Waals surface area contributed by atoms with Crippen LogP contribution in [0.25, 0.3) is 0 Å². The van der Waals surface area contributed by atoms with Crippen molar-refractivity contribution in [3.05, 3.63) is 29.8 Å². The van der Waals surface area contributed by atoms with Crippen molar-refractivity contribution in [3.8, 4) is 0 Å². The van der Waals surface area contributed by atoms with E-state index in [1.807, 2.05) is 32.0 Å². The standard InChI is InChI=1S/C14H20N2O4/c1-3-16(12-7-5-4-6-10(12)2)14(20)15-11(8-9-17)13(18)19/h4-7,11,17H,3,8-9H2,1-2H3,(H,15,20)(H,18,19). The number of urea groups is 1. The second-order valence-corrected chi connectivity index (χ2v) is 4.38. The number of para-hydroxylation sites is 1. The molecular weight excluding hydrogens is 260 g/mol. The van der Waals surface area contributed by atoms with Crippen LogP contribution in [0.4, 0.5) is 10.5 Å². The molecule has 3 N–H and O–H groups in total. The monoisotopic (exact) mass is 280 g/mol. The molecule has 0 saturated carbocycles. The second-order valence-electron chi connectivity index (χ2n) is 4.38. The first-order chi connectivity index (χ1) is 9.51. The largest absolute Gasteiger partial charge is 0.480 e. The molecule has 20 heavy (non-hydrogen) atoms. The average molecular weight is 280 g/mol. The molecule has 6 heteroatoms. The van der Waals surface area contributed by atoms with Crippen LogP contribution in [0.5, 0.6) is 0 Å². The minimum absolute atomic E-state index is 0.0214. The fraction of sp³-hybridized carbons (Fsp3) is 0.429. The van der Waals surface area contributed by atoms with Crippen LogP contribution >= 0.6 is 0 Å². The lowest BCUT2D eigenvalue weighted by Gasteiger charge is -2.25. The van der Waals surface area contributed by atoms with Gasteiger partial charge >= 0.3 is 12.0 Å². The number of carbonyl (C=O) groups is 2. The number of hydrogen-bond acceptors (Lipinski definition) is 3. The van der Waals surface area contributed by atoms with E-state index >= 15 is 0 Å². The van der Waals surface area contributed by atoms with E-state index in [2.05, 4.69) is 5.32 Å². The molecule has 1 aromatic carbocycles. The molecule has 0 heterocycles. The average Bonchev–Trinajstić information content (AvgIpc) is 2.41. The molecule has 2 amide bonds. The zero-order chi connectivity index (χ0) is 15.1. The zero-order valence-corrected chi connectivity index (χ0v) is 11.7. The Bertz CT molecular complexity index is 476. The molecule has 0 fully saturated rings. The molecule has 0 bridgehead atoms. The van der Waals surface area contributed by atoms with Crippen molar-refractivity contribution in [2.24, 2.45) is 0 Å². The molecule has 0 saturated heterocycles. The van der Waals surface area contributed by atoms with Gasteiger partial charge in [0.25, 0.3) is 0 Å². The summed E-state index contributed by atoms with van der Waals surface area (Å²) in [4.78, 5) is 24.7. The summed E-state index contributed by atoms with van der Waals surface area (Å²) in [5.74, 6) is -1.16. The molecule has 1 aromatic rings. The van der Waals surface area contributed by atoms with Crippen molar-refractivity contribution in [2.45, 2.75) is 26.3 Å². The maximum absolute atomic E-state index is 12.2. The quantitative estimate of drug-likeness (QED) is 0.734. The van der Waals surface area contributed by atoms with Crippen molar-refractivity contribution in [2.75, 3.05) is 18.1 Å². The Morgan fingerprint density at radius 2 is 2.00 bits per heavy atom. The Balaban J connectivity index is 2.87. The molecule has 0 aliphatic rings. The highest BCUT2D eigenvalue weighted by molar-refractivity contribution is 5.95. The molecule has 0 aliphatic heterocycles. The van der Waals surface area contributed by atoms with E-state index < -0.39 is 18.0 Å². The normalized spacial score (nSPS) is 11.8. The third-order valence-corrected chi connectivity index (χ3v) is 2.98. The van der Waals surface area contributed by atoms with Gasteiger partial charge in [0.2, 0.25) is 0 Å². The van der Waals surface area contributed by atoms with Gasteiger partial charge in [0.15, 0.2) is 0 Å². The van der Waals surface area contributed by atoms with Crippen LogP contribution in [0.2, 0.25) is 0 Å². The molecule has 0 spiro atoms. The summed E-state index contributed by atoms with van der Waals surface area (Å²) in [7, 11) is 0. The number of rotatable bonds is 6. The fourth-order valence-corrected chi connectivity index (χ4v) is 1.90. The number of anilines is 1. The third kappa shape index (κ3) is 3.96. The van der Waals surface area contributed by atoms with Crippen molar-refractivity contribution < 1.29 is 19.8 Å². The lowest BCUT2D eigenvalue weighted by molar-refractivity contribution is -0.139. The summed E-state index contributed by atoms with van der Waals surface area (Å²) in [5.41, 5.74) is 1.67. The lowest BCUT2D eigenvalue weighted by Crippen LogP contribution is -2.48. The molecule has 0 aromatic heterocycles. The predicted octanol–water partition coefficient (Wildman–Crippen LogP) is 1.37. The summed E-state index contributed by atoms with van der Waals surface area (Å²) >= 11 is 0. The fourth-order valence-electron chi connectivity index (χ4n) is 1.90. The van der Waals surface area contributed by atoms with Gasteiger partial charge in [-0.25, -0.2) is 9.59 Å². The van der Waals surface area contributed by atoms with Gasteiger partial charge in [0, 0.05) is 25.3 Å². The molecule has 1 atom stereocenters. The Kier molecular flexibility index (Phi) is 5.99. The Morgan fingerprint density at radius 3 is 2.50 bits per heavy atom. The number of amides is 2. The molecule has 0 aliphatic carbocycles. The van der Waals surface area contributed by atoms with Crippen LogP contribution in [-0.4, -0.2) is 41.4 Å². The molecule has 110 valence electrons. The maximum atomic E-state index is 12.2. The number of benzene rings is 1. The number of aliphatic hydroxyl groups is 1. The van der Waals surface area contributed by atoms with Gasteiger partial charge in [-0.1, -0.05) is 18.2 Å². The Hall–Kier alpha value is -2.08. The highest BCUT2D eigenvalue weighted by atomic mass is 16.4. The van der Waals surface area contributed by atoms with Crippen LogP contribution in [0, 0.1) is 6.92 Å². The van der Waals surface area contributed by atoms with Gasteiger partial charge in [0.05, 0.1) is 0 Å². The number of aryl methyl sites for hydroxylation is 1. The van der Waals surface area contributed by atoms with Gasteiger partial charge in [-0.3, -0.25) is 4.90 Å². The van der Waals surface area contributed by atoms with Gasteiger partial charge in [-0.15, -0.1) is 0 Å². The van der Waals surface area contributed by atoms with Crippen molar-refractivity contribution in [1.82, 2.24) is 5.32 Å². The first-order valence-electron chi connectivity index (χ1n) is 6.48. The number of carbonyl (C=O) groups excluding carboxylic acids is 1. The molecule has 1 unspecified atom stereocenters. The van der Waals surface area contributed by atoms with E-state index in [-0.39, 0.29) is 13.0 Å². The van der Waals surface area contributed by atoms with E-state index in [1.165, 1.54) is 4.90 Å². The lowest BCUT2D eigenvalue weighted by atomic mass is 10.2. The summed E-state index contributed by atoms with van der Waals surface area (Å²) in [6.07, 6.45) is -0.0214. The van der Waals surface area contributed by atoms with Gasteiger partial charge in [-0.2, -0.15) is 0 Å². The second kappa shape index (κ2) is 7.49. The van der Waals surface area contributed by atoms with Gasteiger partial charge in [0.1, 0.15) is 6.04 Å². The van der Waals surface area contributed by atoms with Gasteiger partial charge < -0.3 is 15.5 Å². The van der Waals surface area contributed by atoms with Crippen molar-refractivity contribution in [1.29, 1.82) is 0 Å². The number of aliphatic carboxylic acids is 1. The van der Waals surface area contributed by atoms with E-state index in [4.69, 9.17) is 10.2 Å². The number of nitrogens with zero attached hydrogens (tertiary/aromatic N) is 1. The maximum Gasteiger partial charge on any atom is 0.326 e. The number of nitrogens with one attached hydrogen (secondary N) is 1. The third-order valence-electron chi connectivity index (χ3n) is 2.98. The van der Waals surface area contributed by atoms with Crippen molar-refractivity contribution in [3.63, 3.8) is 0 Å². The first-order valence-corrected chi connectivity index (χ1v) is 6.48. The first kappa shape index (κ1) is 16.0. The minimum atomic E-state index is -1.16. The minimum Gasteiger partial charge on any atom is -0.480 e. The topological polar surface area (TPSA) is 89.9 Å². The predicted molar refractivity (Wildman–Crippen MR) is 75.9 cm³/mol. The Morgan fingerprint density at radius 1 is 1.35 bits per heavy atom. The zero-order valence-electron chi connectivity index (χ0n) is 11.7. The van der Waals surface area contributed by atoms with E-state index in [0.29, 0.717) is 6.54 Å². The highest BCUT2D eigenvalue weighted by Gasteiger charge is 2.23.